The van der Waals surface area contributed by atoms with Gasteiger partial charge in [0.1, 0.15) is 0 Å². The molecule has 0 radical (unpaired) electrons. The predicted molar refractivity (Wildman–Crippen MR) is 89.7 cm³/mol. The molecule has 0 unspecified atom stereocenters. The second-order valence-electron chi connectivity index (χ2n) is 4.58. The van der Waals surface area contributed by atoms with E-state index >= 15 is 0 Å². The fourth-order valence-corrected chi connectivity index (χ4v) is 2.24. The minimum absolute atomic E-state index is 0.281. The van der Waals surface area contributed by atoms with Gasteiger partial charge in [0.25, 0.3) is 0 Å². The molecule has 0 atom stereocenters. The maximum absolute atomic E-state index is 11.9. The van der Waals surface area contributed by atoms with E-state index in [1.54, 1.807) is 36.4 Å². The Morgan fingerprint density at radius 2 is 1.95 bits per heavy atom. The lowest BCUT2D eigenvalue weighted by Crippen LogP contribution is -2.09. The van der Waals surface area contributed by atoms with Crippen LogP contribution in [0.1, 0.15) is 11.1 Å². The van der Waals surface area contributed by atoms with Crippen molar-refractivity contribution < 1.29 is 4.79 Å². The van der Waals surface area contributed by atoms with Gasteiger partial charge in [-0.15, -0.1) is 0 Å². The van der Waals surface area contributed by atoms with Crippen molar-refractivity contribution in [1.29, 1.82) is 0 Å². The molecule has 0 saturated carbocycles. The summed E-state index contributed by atoms with van der Waals surface area (Å²) in [4.78, 5) is 11.9. The number of anilines is 2. The van der Waals surface area contributed by atoms with Crippen LogP contribution in [0.3, 0.4) is 0 Å². The van der Waals surface area contributed by atoms with Crippen molar-refractivity contribution in [2.75, 3.05) is 11.1 Å². The van der Waals surface area contributed by atoms with E-state index in [4.69, 9.17) is 28.9 Å². The summed E-state index contributed by atoms with van der Waals surface area (Å²) in [5.41, 5.74) is 8.70. The van der Waals surface area contributed by atoms with Crippen molar-refractivity contribution in [3.8, 4) is 0 Å². The van der Waals surface area contributed by atoms with Gasteiger partial charge in [-0.1, -0.05) is 35.3 Å². The minimum Gasteiger partial charge on any atom is -0.397 e. The Labute approximate surface area is 133 Å². The second kappa shape index (κ2) is 6.66. The Morgan fingerprint density at radius 1 is 1.19 bits per heavy atom. The normalized spacial score (nSPS) is 10.8. The van der Waals surface area contributed by atoms with Crippen molar-refractivity contribution in [3.63, 3.8) is 0 Å². The van der Waals surface area contributed by atoms with Gasteiger partial charge in [-0.3, -0.25) is 4.79 Å². The highest BCUT2D eigenvalue weighted by molar-refractivity contribution is 6.35. The quantitative estimate of drug-likeness (QED) is 0.644. The molecule has 0 spiro atoms. The molecule has 2 aromatic carbocycles. The van der Waals surface area contributed by atoms with Crippen molar-refractivity contribution in [3.05, 3.63) is 63.6 Å². The number of carbonyl (C=O) groups is 1. The monoisotopic (exact) mass is 320 g/mol. The van der Waals surface area contributed by atoms with Crippen molar-refractivity contribution in [1.82, 2.24) is 0 Å². The van der Waals surface area contributed by atoms with Crippen LogP contribution in [0.4, 0.5) is 11.4 Å². The Bertz CT molecular complexity index is 711. The molecule has 0 saturated heterocycles. The van der Waals surface area contributed by atoms with Crippen LogP contribution in [-0.4, -0.2) is 5.91 Å². The molecule has 3 nitrogen and oxygen atoms in total. The van der Waals surface area contributed by atoms with E-state index in [2.05, 4.69) is 5.32 Å². The number of aryl methyl sites for hydroxylation is 1. The van der Waals surface area contributed by atoms with E-state index in [9.17, 15) is 4.79 Å². The third-order valence-electron chi connectivity index (χ3n) is 2.84. The number of nitrogens with one attached hydrogen (secondary N) is 1. The van der Waals surface area contributed by atoms with Gasteiger partial charge < -0.3 is 11.1 Å². The molecule has 0 aromatic heterocycles. The first-order chi connectivity index (χ1) is 9.95. The zero-order valence-electron chi connectivity index (χ0n) is 11.4. The van der Waals surface area contributed by atoms with Gasteiger partial charge in [0.15, 0.2) is 0 Å². The summed E-state index contributed by atoms with van der Waals surface area (Å²) < 4.78 is 0. The summed E-state index contributed by atoms with van der Waals surface area (Å²) in [6, 6.07) is 10.5. The van der Waals surface area contributed by atoms with Crippen LogP contribution in [0.25, 0.3) is 6.08 Å². The molecule has 0 aliphatic heterocycles. The van der Waals surface area contributed by atoms with E-state index in [0.717, 1.165) is 5.56 Å². The molecule has 0 fully saturated rings. The van der Waals surface area contributed by atoms with Gasteiger partial charge in [0, 0.05) is 16.1 Å². The third kappa shape index (κ3) is 4.25. The fourth-order valence-electron chi connectivity index (χ4n) is 1.77. The van der Waals surface area contributed by atoms with Crippen molar-refractivity contribution in [2.24, 2.45) is 0 Å². The first-order valence-electron chi connectivity index (χ1n) is 6.26. The van der Waals surface area contributed by atoms with Crippen LogP contribution in [0, 0.1) is 6.92 Å². The Hall–Kier alpha value is -1.97. The van der Waals surface area contributed by atoms with Gasteiger partial charge in [0.2, 0.25) is 5.91 Å². The Morgan fingerprint density at radius 3 is 2.62 bits per heavy atom. The SMILES string of the molecule is Cc1ccc(NC(=O)/C=C/c2ccc(Cl)cc2Cl)c(N)c1. The van der Waals surface area contributed by atoms with Gasteiger partial charge in [-0.25, -0.2) is 0 Å². The molecule has 2 rings (SSSR count). The van der Waals surface area contributed by atoms with Crippen LogP contribution in [0.2, 0.25) is 10.0 Å². The molecule has 0 bridgehead atoms. The first-order valence-corrected chi connectivity index (χ1v) is 7.01. The number of hydrogen-bond donors (Lipinski definition) is 2. The number of hydrogen-bond acceptors (Lipinski definition) is 2. The zero-order chi connectivity index (χ0) is 15.4. The molecule has 5 heteroatoms. The van der Waals surface area contributed by atoms with Crippen molar-refractivity contribution >= 4 is 46.6 Å². The lowest BCUT2D eigenvalue weighted by Gasteiger charge is -2.06. The molecule has 3 N–H and O–H groups in total. The standard InChI is InChI=1S/C16H14Cl2N2O/c1-10-2-6-15(14(19)8-10)20-16(21)7-4-11-3-5-12(17)9-13(11)18/h2-9H,19H2,1H3,(H,20,21)/b7-4+. The number of nitrogens with two attached hydrogens (primary N) is 1. The Balaban J connectivity index is 2.09. The number of carbonyl (C=O) groups excluding carboxylic acids is 1. The predicted octanol–water partition coefficient (Wildman–Crippen LogP) is 4.54. The lowest BCUT2D eigenvalue weighted by atomic mass is 10.2. The first kappa shape index (κ1) is 15.4. The van der Waals surface area contributed by atoms with Gasteiger partial charge in [0.05, 0.1) is 11.4 Å². The van der Waals surface area contributed by atoms with Gasteiger partial charge in [-0.2, -0.15) is 0 Å². The molecule has 0 aliphatic carbocycles. The molecule has 0 aliphatic rings. The molecular formula is C16H14Cl2N2O. The third-order valence-corrected chi connectivity index (χ3v) is 3.40. The molecular weight excluding hydrogens is 307 g/mol. The summed E-state index contributed by atoms with van der Waals surface area (Å²) >= 11 is 11.8. The van der Waals surface area contributed by atoms with Crippen LogP contribution in [0.5, 0.6) is 0 Å². The minimum atomic E-state index is -0.281. The number of benzene rings is 2. The van der Waals surface area contributed by atoms with Crippen LogP contribution < -0.4 is 11.1 Å². The molecule has 108 valence electrons. The molecule has 21 heavy (non-hydrogen) atoms. The summed E-state index contributed by atoms with van der Waals surface area (Å²) in [5, 5.41) is 3.76. The highest BCUT2D eigenvalue weighted by atomic mass is 35.5. The molecule has 2 aromatic rings. The highest BCUT2D eigenvalue weighted by Gasteiger charge is 2.03. The summed E-state index contributed by atoms with van der Waals surface area (Å²) in [6.07, 6.45) is 3.02. The zero-order valence-corrected chi connectivity index (χ0v) is 12.9. The summed E-state index contributed by atoms with van der Waals surface area (Å²) in [5.74, 6) is -0.281. The average molecular weight is 321 g/mol. The molecule has 0 heterocycles. The Kier molecular flexibility index (Phi) is 4.89. The molecule has 1 amide bonds. The number of rotatable bonds is 3. The number of amides is 1. The maximum atomic E-state index is 11.9. The van der Waals surface area contributed by atoms with Crippen molar-refractivity contribution in [2.45, 2.75) is 6.92 Å². The fraction of sp³-hybridized carbons (Fsp3) is 0.0625. The second-order valence-corrected chi connectivity index (χ2v) is 5.42. The largest absolute Gasteiger partial charge is 0.397 e. The van der Waals surface area contributed by atoms with Crippen LogP contribution in [-0.2, 0) is 4.79 Å². The topological polar surface area (TPSA) is 55.1 Å². The van der Waals surface area contributed by atoms with E-state index in [1.807, 2.05) is 13.0 Å². The summed E-state index contributed by atoms with van der Waals surface area (Å²) in [6.45, 7) is 1.93. The highest BCUT2D eigenvalue weighted by Crippen LogP contribution is 2.22. The average Bonchev–Trinajstić information content (AvgIpc) is 2.41. The lowest BCUT2D eigenvalue weighted by molar-refractivity contribution is -0.111. The number of halogens is 2. The smallest absolute Gasteiger partial charge is 0.248 e. The van der Waals surface area contributed by atoms with E-state index in [1.165, 1.54) is 6.08 Å². The number of nitrogen functional groups attached to an aromatic ring is 1. The van der Waals surface area contributed by atoms with Crippen LogP contribution in [0.15, 0.2) is 42.5 Å². The van der Waals surface area contributed by atoms with E-state index in [0.29, 0.717) is 27.0 Å². The maximum Gasteiger partial charge on any atom is 0.248 e. The van der Waals surface area contributed by atoms with Gasteiger partial charge in [-0.05, 0) is 48.4 Å². The summed E-state index contributed by atoms with van der Waals surface area (Å²) in [7, 11) is 0. The van der Waals surface area contributed by atoms with E-state index < -0.39 is 0 Å². The van der Waals surface area contributed by atoms with Gasteiger partial charge >= 0.3 is 0 Å². The van der Waals surface area contributed by atoms with Crippen LogP contribution >= 0.6 is 23.2 Å². The van der Waals surface area contributed by atoms with E-state index in [-0.39, 0.29) is 5.91 Å².